The van der Waals surface area contributed by atoms with Gasteiger partial charge in [-0.25, -0.2) is 0 Å². The summed E-state index contributed by atoms with van der Waals surface area (Å²) in [6.07, 6.45) is 0.289. The normalized spacial score (nSPS) is 15.0. The van der Waals surface area contributed by atoms with Crippen molar-refractivity contribution in [2.75, 3.05) is 31.9 Å². The number of anilines is 1. The van der Waals surface area contributed by atoms with Crippen molar-refractivity contribution in [3.63, 3.8) is 0 Å². The first-order chi connectivity index (χ1) is 10.1. The van der Waals surface area contributed by atoms with Gasteiger partial charge >= 0.3 is 0 Å². The van der Waals surface area contributed by atoms with Gasteiger partial charge in [-0.2, -0.15) is 0 Å². The number of nitrogens with two attached hydrogens (primary N) is 1. The van der Waals surface area contributed by atoms with Crippen LogP contribution in [0.15, 0.2) is 24.3 Å². The highest BCUT2D eigenvalue weighted by atomic mass is 16.2. The van der Waals surface area contributed by atoms with Crippen LogP contribution in [0.2, 0.25) is 0 Å². The molecule has 0 atom stereocenters. The highest BCUT2D eigenvalue weighted by molar-refractivity contribution is 5.96. The van der Waals surface area contributed by atoms with Gasteiger partial charge in [-0.15, -0.1) is 0 Å². The SMILES string of the molecule is Nc1ccc(C(=O)NCC(=O)N2CCNC(=O)CC2)cc1. The van der Waals surface area contributed by atoms with Gasteiger partial charge in [0.2, 0.25) is 11.8 Å². The molecule has 1 aliphatic heterocycles. The van der Waals surface area contributed by atoms with Crippen LogP contribution in [0.1, 0.15) is 16.8 Å². The molecule has 1 aromatic carbocycles. The lowest BCUT2D eigenvalue weighted by atomic mass is 10.2. The lowest BCUT2D eigenvalue weighted by Gasteiger charge is -2.19. The first kappa shape index (κ1) is 14.8. The molecule has 7 heteroatoms. The number of hydrogen-bond acceptors (Lipinski definition) is 4. The lowest BCUT2D eigenvalue weighted by molar-refractivity contribution is -0.130. The van der Waals surface area contributed by atoms with Crippen molar-refractivity contribution >= 4 is 23.4 Å². The molecule has 0 spiro atoms. The molecule has 4 N–H and O–H groups in total. The number of nitrogens with one attached hydrogen (secondary N) is 2. The van der Waals surface area contributed by atoms with Crippen LogP contribution in [0.25, 0.3) is 0 Å². The summed E-state index contributed by atoms with van der Waals surface area (Å²) in [5.41, 5.74) is 6.57. The first-order valence-corrected chi connectivity index (χ1v) is 6.74. The Bertz CT molecular complexity index is 542. The van der Waals surface area contributed by atoms with E-state index in [1.165, 1.54) is 0 Å². The molecule has 0 aliphatic carbocycles. The highest BCUT2D eigenvalue weighted by Crippen LogP contribution is 2.05. The third kappa shape index (κ3) is 4.20. The van der Waals surface area contributed by atoms with E-state index in [1.54, 1.807) is 29.2 Å². The fraction of sp³-hybridized carbons (Fsp3) is 0.357. The second-order valence-corrected chi connectivity index (χ2v) is 4.79. The maximum absolute atomic E-state index is 12.0. The standard InChI is InChI=1S/C14H18N4O3/c15-11-3-1-10(2-4-11)14(21)17-9-13(20)18-7-5-12(19)16-6-8-18/h1-4H,5-9,15H2,(H,16,19)(H,17,21). The third-order valence-electron chi connectivity index (χ3n) is 3.24. The van der Waals surface area contributed by atoms with E-state index in [-0.39, 0.29) is 30.7 Å². The largest absolute Gasteiger partial charge is 0.399 e. The second-order valence-electron chi connectivity index (χ2n) is 4.79. The molecule has 3 amide bonds. The van der Waals surface area contributed by atoms with Crippen molar-refractivity contribution in [1.29, 1.82) is 0 Å². The molecule has 1 saturated heterocycles. The van der Waals surface area contributed by atoms with Crippen molar-refractivity contribution < 1.29 is 14.4 Å². The van der Waals surface area contributed by atoms with Crippen LogP contribution in [0.4, 0.5) is 5.69 Å². The van der Waals surface area contributed by atoms with Gasteiger partial charge in [-0.05, 0) is 24.3 Å². The third-order valence-corrected chi connectivity index (χ3v) is 3.24. The molecule has 1 fully saturated rings. The smallest absolute Gasteiger partial charge is 0.251 e. The minimum atomic E-state index is -0.327. The van der Waals surface area contributed by atoms with Gasteiger partial charge in [0.05, 0.1) is 6.54 Å². The zero-order valence-electron chi connectivity index (χ0n) is 11.6. The van der Waals surface area contributed by atoms with Crippen molar-refractivity contribution in [3.8, 4) is 0 Å². The van der Waals surface area contributed by atoms with Crippen molar-refractivity contribution in [1.82, 2.24) is 15.5 Å². The Kier molecular flexibility index (Phi) is 4.76. The number of benzene rings is 1. The van der Waals surface area contributed by atoms with Crippen molar-refractivity contribution in [3.05, 3.63) is 29.8 Å². The number of carbonyl (C=O) groups is 3. The van der Waals surface area contributed by atoms with Gasteiger partial charge in [0.1, 0.15) is 0 Å². The fourth-order valence-electron chi connectivity index (χ4n) is 2.02. The summed E-state index contributed by atoms with van der Waals surface area (Å²) < 4.78 is 0. The van der Waals surface area contributed by atoms with Crippen LogP contribution in [-0.4, -0.2) is 48.8 Å². The van der Waals surface area contributed by atoms with Gasteiger partial charge in [-0.1, -0.05) is 0 Å². The predicted octanol–water partition coefficient (Wildman–Crippen LogP) is -0.653. The van der Waals surface area contributed by atoms with E-state index in [2.05, 4.69) is 10.6 Å². The van der Waals surface area contributed by atoms with E-state index >= 15 is 0 Å². The van der Waals surface area contributed by atoms with E-state index in [0.29, 0.717) is 30.9 Å². The molecule has 2 rings (SSSR count). The zero-order valence-corrected chi connectivity index (χ0v) is 11.6. The molecular formula is C14H18N4O3. The van der Waals surface area contributed by atoms with Crippen LogP contribution in [0, 0.1) is 0 Å². The molecule has 112 valence electrons. The topological polar surface area (TPSA) is 105 Å². The van der Waals surface area contributed by atoms with Crippen LogP contribution in [0.3, 0.4) is 0 Å². The molecule has 0 unspecified atom stereocenters. The van der Waals surface area contributed by atoms with E-state index in [9.17, 15) is 14.4 Å². The Balaban J connectivity index is 1.84. The van der Waals surface area contributed by atoms with Crippen molar-refractivity contribution in [2.45, 2.75) is 6.42 Å². The number of rotatable bonds is 3. The van der Waals surface area contributed by atoms with Crippen LogP contribution in [0.5, 0.6) is 0 Å². The van der Waals surface area contributed by atoms with Crippen LogP contribution in [-0.2, 0) is 9.59 Å². The fourth-order valence-corrected chi connectivity index (χ4v) is 2.02. The number of hydrogen-bond donors (Lipinski definition) is 3. The molecule has 0 aromatic heterocycles. The Morgan fingerprint density at radius 3 is 2.67 bits per heavy atom. The summed E-state index contributed by atoms with van der Waals surface area (Å²) in [6, 6.07) is 6.46. The summed E-state index contributed by atoms with van der Waals surface area (Å²) in [4.78, 5) is 36.6. The van der Waals surface area contributed by atoms with Gasteiger partial charge in [0.15, 0.2) is 0 Å². The van der Waals surface area contributed by atoms with Crippen LogP contribution >= 0.6 is 0 Å². The maximum Gasteiger partial charge on any atom is 0.251 e. The molecule has 0 radical (unpaired) electrons. The zero-order chi connectivity index (χ0) is 15.2. The summed E-state index contributed by atoms with van der Waals surface area (Å²) in [6.45, 7) is 1.19. The monoisotopic (exact) mass is 290 g/mol. The highest BCUT2D eigenvalue weighted by Gasteiger charge is 2.18. The number of amides is 3. The van der Waals surface area contributed by atoms with Crippen molar-refractivity contribution in [2.24, 2.45) is 0 Å². The Hall–Kier alpha value is -2.57. The summed E-state index contributed by atoms with van der Waals surface area (Å²) >= 11 is 0. The quantitative estimate of drug-likeness (QED) is 0.643. The molecule has 7 nitrogen and oxygen atoms in total. The Morgan fingerprint density at radius 2 is 1.95 bits per heavy atom. The average molecular weight is 290 g/mol. The lowest BCUT2D eigenvalue weighted by Crippen LogP contribution is -2.41. The Morgan fingerprint density at radius 1 is 1.24 bits per heavy atom. The molecule has 1 heterocycles. The molecule has 21 heavy (non-hydrogen) atoms. The molecule has 1 aliphatic rings. The number of carbonyl (C=O) groups excluding carboxylic acids is 3. The maximum atomic E-state index is 12.0. The van der Waals surface area contributed by atoms with Gasteiger partial charge in [0.25, 0.3) is 5.91 Å². The number of nitrogen functional groups attached to an aromatic ring is 1. The molecular weight excluding hydrogens is 272 g/mol. The number of nitrogens with zero attached hydrogens (tertiary/aromatic N) is 1. The van der Waals surface area contributed by atoms with Gasteiger partial charge in [-0.3, -0.25) is 14.4 Å². The van der Waals surface area contributed by atoms with E-state index < -0.39 is 0 Å². The molecule has 1 aromatic rings. The first-order valence-electron chi connectivity index (χ1n) is 6.74. The second kappa shape index (κ2) is 6.74. The van der Waals surface area contributed by atoms with Gasteiger partial charge in [0, 0.05) is 37.3 Å². The van der Waals surface area contributed by atoms with Gasteiger partial charge < -0.3 is 21.3 Å². The molecule has 0 bridgehead atoms. The summed E-state index contributed by atoms with van der Waals surface area (Å²) in [5, 5.41) is 5.26. The average Bonchev–Trinajstić information content (AvgIpc) is 2.70. The van der Waals surface area contributed by atoms with E-state index in [1.807, 2.05) is 0 Å². The summed E-state index contributed by atoms with van der Waals surface area (Å²) in [5.74, 6) is -0.584. The minimum Gasteiger partial charge on any atom is -0.399 e. The predicted molar refractivity (Wildman–Crippen MR) is 77.4 cm³/mol. The van der Waals surface area contributed by atoms with Crippen LogP contribution < -0.4 is 16.4 Å². The minimum absolute atomic E-state index is 0.0591. The summed E-state index contributed by atoms with van der Waals surface area (Å²) in [7, 11) is 0. The van der Waals surface area contributed by atoms with E-state index in [4.69, 9.17) is 5.73 Å². The van der Waals surface area contributed by atoms with E-state index in [0.717, 1.165) is 0 Å². The Labute approximate surface area is 122 Å². The molecule has 0 saturated carbocycles.